The molecule has 3 nitrogen and oxygen atoms in total. The first-order chi connectivity index (χ1) is 8.70. The Kier molecular flexibility index (Phi) is 4.24. The molecule has 0 aliphatic heterocycles. The van der Waals surface area contributed by atoms with Crippen molar-refractivity contribution in [3.05, 3.63) is 29.8 Å². The number of carbonyl (C=O) groups excluding carboxylic acids is 1. The molecule has 1 aliphatic rings. The van der Waals surface area contributed by atoms with E-state index in [4.69, 9.17) is 5.73 Å². The minimum absolute atomic E-state index is 0.302. The summed E-state index contributed by atoms with van der Waals surface area (Å²) >= 11 is 0. The summed E-state index contributed by atoms with van der Waals surface area (Å²) in [6, 6.07) is 8.30. The Bertz CT molecular complexity index is 395. The fraction of sp³-hybridized carbons (Fsp3) is 0.533. The second-order valence-electron chi connectivity index (χ2n) is 5.10. The quantitative estimate of drug-likeness (QED) is 0.784. The summed E-state index contributed by atoms with van der Waals surface area (Å²) in [5.74, 6) is 0.302. The van der Waals surface area contributed by atoms with Crippen molar-refractivity contribution in [1.29, 1.82) is 0 Å². The van der Waals surface area contributed by atoms with Crippen LogP contribution in [0.1, 0.15) is 44.6 Å². The number of hydrogen-bond donors (Lipinski definition) is 1. The van der Waals surface area contributed by atoms with E-state index in [1.165, 1.54) is 5.56 Å². The summed E-state index contributed by atoms with van der Waals surface area (Å²) in [7, 11) is 0. The van der Waals surface area contributed by atoms with E-state index in [-0.39, 0.29) is 0 Å². The maximum atomic E-state index is 12.2. The molecule has 2 N–H and O–H groups in total. The molecule has 1 saturated carbocycles. The molecule has 0 radical (unpaired) electrons. The number of nitrogens with zero attached hydrogens (tertiary/aromatic N) is 1. The molecule has 98 valence electrons. The van der Waals surface area contributed by atoms with E-state index in [1.807, 2.05) is 29.2 Å². The number of carbonyl (C=O) groups is 1. The molecule has 0 heterocycles. The molecule has 18 heavy (non-hydrogen) atoms. The van der Waals surface area contributed by atoms with Gasteiger partial charge in [0.15, 0.2) is 0 Å². The lowest BCUT2D eigenvalue weighted by Gasteiger charge is -2.22. The van der Waals surface area contributed by atoms with Crippen molar-refractivity contribution >= 4 is 11.6 Å². The molecule has 0 bridgehead atoms. The van der Waals surface area contributed by atoms with Gasteiger partial charge in [0.2, 0.25) is 5.91 Å². The minimum atomic E-state index is 0.302. The van der Waals surface area contributed by atoms with Gasteiger partial charge < -0.3 is 10.6 Å². The van der Waals surface area contributed by atoms with E-state index in [2.05, 4.69) is 6.92 Å². The molecule has 3 heteroatoms. The number of nitrogens with two attached hydrogens (primary N) is 1. The van der Waals surface area contributed by atoms with Crippen molar-refractivity contribution in [3.63, 3.8) is 0 Å². The summed E-state index contributed by atoms with van der Waals surface area (Å²) in [6.07, 6.45) is 5.07. The van der Waals surface area contributed by atoms with Gasteiger partial charge in [-0.3, -0.25) is 4.79 Å². The predicted octanol–water partition coefficient (Wildman–Crippen LogP) is 2.95. The molecule has 0 unspecified atom stereocenters. The molecule has 0 atom stereocenters. The van der Waals surface area contributed by atoms with Crippen molar-refractivity contribution in [2.75, 3.05) is 5.73 Å². The standard InChI is InChI=1S/C15H22N2O/c1-2-3-4-15(18)17(14-9-10-14)11-12-5-7-13(16)8-6-12/h5-8,14H,2-4,9-11,16H2,1H3. The van der Waals surface area contributed by atoms with Gasteiger partial charge in [-0.25, -0.2) is 0 Å². The molecule has 0 saturated heterocycles. The van der Waals surface area contributed by atoms with Gasteiger partial charge in [0.05, 0.1) is 0 Å². The Labute approximate surface area is 109 Å². The van der Waals surface area contributed by atoms with Gasteiger partial charge in [-0.1, -0.05) is 25.5 Å². The fourth-order valence-corrected chi connectivity index (χ4v) is 2.10. The van der Waals surface area contributed by atoms with Crippen molar-refractivity contribution < 1.29 is 4.79 Å². The first-order valence-electron chi connectivity index (χ1n) is 6.84. The fourth-order valence-electron chi connectivity index (χ4n) is 2.10. The average Bonchev–Trinajstić information content (AvgIpc) is 3.19. The first kappa shape index (κ1) is 12.9. The van der Waals surface area contributed by atoms with Crippen LogP contribution >= 0.6 is 0 Å². The summed E-state index contributed by atoms with van der Waals surface area (Å²) < 4.78 is 0. The van der Waals surface area contributed by atoms with Crippen LogP contribution in [0.3, 0.4) is 0 Å². The molecule has 0 aromatic heterocycles. The average molecular weight is 246 g/mol. The van der Waals surface area contributed by atoms with Crippen LogP contribution in [0.5, 0.6) is 0 Å². The number of anilines is 1. The van der Waals surface area contributed by atoms with E-state index in [9.17, 15) is 4.79 Å². The number of rotatable bonds is 6. The van der Waals surface area contributed by atoms with Gasteiger partial charge in [0, 0.05) is 24.7 Å². The van der Waals surface area contributed by atoms with Gasteiger partial charge in [0.25, 0.3) is 0 Å². The van der Waals surface area contributed by atoms with Crippen molar-refractivity contribution in [3.8, 4) is 0 Å². The topological polar surface area (TPSA) is 46.3 Å². The largest absolute Gasteiger partial charge is 0.399 e. The van der Waals surface area contributed by atoms with E-state index < -0.39 is 0 Å². The second kappa shape index (κ2) is 5.89. The zero-order valence-corrected chi connectivity index (χ0v) is 11.1. The van der Waals surface area contributed by atoms with Crippen molar-refractivity contribution in [1.82, 2.24) is 4.90 Å². The van der Waals surface area contributed by atoms with Crippen molar-refractivity contribution in [2.24, 2.45) is 0 Å². The third-order valence-electron chi connectivity index (χ3n) is 3.38. The van der Waals surface area contributed by atoms with E-state index in [0.717, 1.165) is 37.9 Å². The minimum Gasteiger partial charge on any atom is -0.399 e. The third kappa shape index (κ3) is 3.49. The van der Waals surface area contributed by atoms with E-state index >= 15 is 0 Å². The van der Waals surface area contributed by atoms with Crippen molar-refractivity contribution in [2.45, 2.75) is 51.6 Å². The SMILES string of the molecule is CCCCC(=O)N(Cc1ccc(N)cc1)C1CC1. The zero-order valence-electron chi connectivity index (χ0n) is 11.1. The molecule has 1 aliphatic carbocycles. The second-order valence-corrected chi connectivity index (χ2v) is 5.10. The Hall–Kier alpha value is -1.51. The third-order valence-corrected chi connectivity index (χ3v) is 3.38. The monoisotopic (exact) mass is 246 g/mol. The number of benzene rings is 1. The maximum Gasteiger partial charge on any atom is 0.223 e. The van der Waals surface area contributed by atoms with Crippen LogP contribution in [-0.4, -0.2) is 16.8 Å². The number of nitrogen functional groups attached to an aromatic ring is 1. The Morgan fingerprint density at radius 2 is 2.00 bits per heavy atom. The van der Waals surface area contributed by atoms with Gasteiger partial charge in [-0.2, -0.15) is 0 Å². The summed E-state index contributed by atoms with van der Waals surface area (Å²) in [6.45, 7) is 2.85. The molecule has 0 spiro atoms. The van der Waals surface area contributed by atoms with Crippen LogP contribution in [-0.2, 0) is 11.3 Å². The maximum absolute atomic E-state index is 12.2. The lowest BCUT2D eigenvalue weighted by atomic mass is 10.1. The Morgan fingerprint density at radius 3 is 2.56 bits per heavy atom. The van der Waals surface area contributed by atoms with E-state index in [1.54, 1.807) is 0 Å². The molecular formula is C15H22N2O. The van der Waals surface area contributed by atoms with Gasteiger partial charge >= 0.3 is 0 Å². The van der Waals surface area contributed by atoms with Crippen LogP contribution < -0.4 is 5.73 Å². The molecule has 2 rings (SSSR count). The van der Waals surface area contributed by atoms with Crippen LogP contribution in [0.15, 0.2) is 24.3 Å². The normalized spacial score (nSPS) is 14.5. The highest BCUT2D eigenvalue weighted by Gasteiger charge is 2.31. The highest BCUT2D eigenvalue weighted by molar-refractivity contribution is 5.76. The highest BCUT2D eigenvalue weighted by atomic mass is 16.2. The Balaban J connectivity index is 1.97. The molecule has 1 amide bonds. The lowest BCUT2D eigenvalue weighted by Crippen LogP contribution is -2.32. The number of amides is 1. The van der Waals surface area contributed by atoms with Crippen LogP contribution in [0.2, 0.25) is 0 Å². The van der Waals surface area contributed by atoms with Gasteiger partial charge in [0.1, 0.15) is 0 Å². The van der Waals surface area contributed by atoms with E-state index in [0.29, 0.717) is 18.4 Å². The molecule has 1 aromatic carbocycles. The number of hydrogen-bond acceptors (Lipinski definition) is 2. The predicted molar refractivity (Wildman–Crippen MR) is 74.0 cm³/mol. The highest BCUT2D eigenvalue weighted by Crippen LogP contribution is 2.29. The van der Waals surface area contributed by atoms with Gasteiger partial charge in [-0.05, 0) is 37.0 Å². The van der Waals surface area contributed by atoms with Gasteiger partial charge in [-0.15, -0.1) is 0 Å². The summed E-state index contributed by atoms with van der Waals surface area (Å²) in [4.78, 5) is 14.2. The van der Waals surface area contributed by atoms with Crippen LogP contribution in [0, 0.1) is 0 Å². The molecular weight excluding hydrogens is 224 g/mol. The van der Waals surface area contributed by atoms with Crippen LogP contribution in [0.4, 0.5) is 5.69 Å². The molecule has 1 aromatic rings. The Morgan fingerprint density at radius 1 is 1.33 bits per heavy atom. The van der Waals surface area contributed by atoms with Crippen LogP contribution in [0.25, 0.3) is 0 Å². The molecule has 1 fully saturated rings. The summed E-state index contributed by atoms with van der Waals surface area (Å²) in [5, 5.41) is 0. The summed E-state index contributed by atoms with van der Waals surface area (Å²) in [5.41, 5.74) is 7.61. The first-order valence-corrected chi connectivity index (χ1v) is 6.84. The number of unbranched alkanes of at least 4 members (excludes halogenated alkanes) is 1. The zero-order chi connectivity index (χ0) is 13.0. The lowest BCUT2D eigenvalue weighted by molar-refractivity contribution is -0.132. The smallest absolute Gasteiger partial charge is 0.223 e.